The number of nitrogens with one attached hydrogen (secondary N) is 1. The summed E-state index contributed by atoms with van der Waals surface area (Å²) in [5.41, 5.74) is 0. The molecule has 0 aromatic rings. The van der Waals surface area contributed by atoms with Crippen molar-refractivity contribution in [2.45, 2.75) is 18.9 Å². The van der Waals surface area contributed by atoms with Crippen molar-refractivity contribution >= 4 is 21.6 Å². The summed E-state index contributed by atoms with van der Waals surface area (Å²) in [5, 5.41) is 0. The summed E-state index contributed by atoms with van der Waals surface area (Å²) in [6, 6.07) is -0.255. The van der Waals surface area contributed by atoms with Crippen molar-refractivity contribution in [2.75, 3.05) is 39.1 Å². The molecule has 0 aliphatic rings. The summed E-state index contributed by atoms with van der Waals surface area (Å²) >= 11 is 5.58. The average molecular weight is 274 g/mol. The summed E-state index contributed by atoms with van der Waals surface area (Å²) in [6.45, 7) is 0.765. The molecule has 0 amide bonds. The number of sulfonamides is 1. The maximum atomic E-state index is 11.6. The molecule has 0 radical (unpaired) electrons. The zero-order valence-electron chi connectivity index (χ0n) is 9.74. The van der Waals surface area contributed by atoms with Crippen LogP contribution in [-0.2, 0) is 19.5 Å². The molecule has 0 heterocycles. The Kier molecular flexibility index (Phi) is 9.25. The van der Waals surface area contributed by atoms with Crippen LogP contribution in [-0.4, -0.2) is 53.5 Å². The topological polar surface area (TPSA) is 64.6 Å². The maximum Gasteiger partial charge on any atom is 0.212 e. The van der Waals surface area contributed by atoms with E-state index in [1.807, 2.05) is 0 Å². The first-order chi connectivity index (χ1) is 7.55. The summed E-state index contributed by atoms with van der Waals surface area (Å²) < 4.78 is 35.5. The van der Waals surface area contributed by atoms with Crippen LogP contribution in [0.4, 0.5) is 0 Å². The molecule has 1 unspecified atom stereocenters. The van der Waals surface area contributed by atoms with E-state index in [1.165, 1.54) is 7.11 Å². The minimum Gasteiger partial charge on any atom is -0.385 e. The molecule has 0 spiro atoms. The van der Waals surface area contributed by atoms with Gasteiger partial charge in [-0.15, -0.1) is 11.6 Å². The van der Waals surface area contributed by atoms with Gasteiger partial charge in [0.2, 0.25) is 10.0 Å². The second-order valence-corrected chi connectivity index (χ2v) is 5.66. The zero-order valence-corrected chi connectivity index (χ0v) is 11.3. The van der Waals surface area contributed by atoms with Crippen LogP contribution in [0.25, 0.3) is 0 Å². The van der Waals surface area contributed by atoms with Crippen LogP contribution in [0.1, 0.15) is 12.8 Å². The van der Waals surface area contributed by atoms with Crippen LogP contribution in [0.2, 0.25) is 0 Å². The lowest BCUT2D eigenvalue weighted by atomic mass is 10.3. The van der Waals surface area contributed by atoms with E-state index in [4.69, 9.17) is 21.1 Å². The van der Waals surface area contributed by atoms with E-state index in [9.17, 15) is 8.42 Å². The lowest BCUT2D eigenvalue weighted by Crippen LogP contribution is -2.39. The Morgan fingerprint density at radius 2 is 2.00 bits per heavy atom. The molecule has 1 N–H and O–H groups in total. The number of methoxy groups -OCH3 is 2. The summed E-state index contributed by atoms with van der Waals surface area (Å²) in [4.78, 5) is 0. The molecule has 16 heavy (non-hydrogen) atoms. The second-order valence-electron chi connectivity index (χ2n) is 3.41. The van der Waals surface area contributed by atoms with Gasteiger partial charge >= 0.3 is 0 Å². The van der Waals surface area contributed by atoms with E-state index in [2.05, 4.69) is 4.72 Å². The molecule has 0 bridgehead atoms. The second kappa shape index (κ2) is 9.18. The van der Waals surface area contributed by atoms with Crippen molar-refractivity contribution < 1.29 is 17.9 Å². The average Bonchev–Trinajstić information content (AvgIpc) is 2.18. The molecule has 0 aromatic carbocycles. The number of halogens is 1. The first kappa shape index (κ1) is 16.1. The van der Waals surface area contributed by atoms with Gasteiger partial charge in [-0.2, -0.15) is 0 Å². The van der Waals surface area contributed by atoms with E-state index in [1.54, 1.807) is 7.11 Å². The highest BCUT2D eigenvalue weighted by atomic mass is 35.5. The van der Waals surface area contributed by atoms with E-state index in [0.717, 1.165) is 0 Å². The van der Waals surface area contributed by atoms with Crippen LogP contribution in [0.15, 0.2) is 0 Å². The molecular formula is C9H20ClNO4S. The monoisotopic (exact) mass is 273 g/mol. The predicted octanol–water partition coefficient (Wildman–Crippen LogP) is 0.586. The number of hydrogen-bond donors (Lipinski definition) is 1. The number of ether oxygens (including phenoxy) is 2. The van der Waals surface area contributed by atoms with E-state index in [-0.39, 0.29) is 11.8 Å². The van der Waals surface area contributed by atoms with Gasteiger partial charge in [0.1, 0.15) is 0 Å². The van der Waals surface area contributed by atoms with Crippen LogP contribution >= 0.6 is 11.6 Å². The molecule has 1 atom stereocenters. The molecule has 0 saturated carbocycles. The highest BCUT2D eigenvalue weighted by Crippen LogP contribution is 2.00. The fourth-order valence-corrected chi connectivity index (χ4v) is 2.79. The van der Waals surface area contributed by atoms with Gasteiger partial charge in [-0.1, -0.05) is 0 Å². The lowest BCUT2D eigenvalue weighted by Gasteiger charge is -2.16. The van der Waals surface area contributed by atoms with Crippen LogP contribution in [0.3, 0.4) is 0 Å². The van der Waals surface area contributed by atoms with Crippen molar-refractivity contribution in [2.24, 2.45) is 0 Å². The van der Waals surface area contributed by atoms with Gasteiger partial charge in [-0.25, -0.2) is 13.1 Å². The van der Waals surface area contributed by atoms with E-state index < -0.39 is 10.0 Å². The van der Waals surface area contributed by atoms with Crippen LogP contribution < -0.4 is 4.72 Å². The summed E-state index contributed by atoms with van der Waals surface area (Å²) in [5.74, 6) is 0.456. The van der Waals surface area contributed by atoms with Crippen molar-refractivity contribution in [3.63, 3.8) is 0 Å². The molecule has 0 aliphatic carbocycles. The van der Waals surface area contributed by atoms with Crippen molar-refractivity contribution in [1.82, 2.24) is 4.72 Å². The number of hydrogen-bond acceptors (Lipinski definition) is 4. The van der Waals surface area contributed by atoms with Crippen LogP contribution in [0.5, 0.6) is 0 Å². The minimum absolute atomic E-state index is 0.0589. The van der Waals surface area contributed by atoms with Crippen LogP contribution in [0, 0.1) is 0 Å². The molecule has 5 nitrogen and oxygen atoms in total. The molecule has 0 rings (SSSR count). The van der Waals surface area contributed by atoms with Crippen molar-refractivity contribution in [1.29, 1.82) is 0 Å². The Labute approximate surface area is 102 Å². The third-order valence-electron chi connectivity index (χ3n) is 1.93. The van der Waals surface area contributed by atoms with Gasteiger partial charge in [0.15, 0.2) is 0 Å². The Morgan fingerprint density at radius 3 is 2.50 bits per heavy atom. The van der Waals surface area contributed by atoms with Gasteiger partial charge in [0, 0.05) is 32.7 Å². The number of alkyl halides is 1. The Hall–Kier alpha value is 0.120. The molecule has 0 aromatic heterocycles. The maximum absolute atomic E-state index is 11.6. The summed E-state index contributed by atoms with van der Waals surface area (Å²) in [7, 11) is -0.195. The highest BCUT2D eigenvalue weighted by Gasteiger charge is 2.16. The predicted molar refractivity (Wildman–Crippen MR) is 64.4 cm³/mol. The lowest BCUT2D eigenvalue weighted by molar-refractivity contribution is 0.173. The first-order valence-corrected chi connectivity index (χ1v) is 7.28. The number of rotatable bonds is 10. The van der Waals surface area contributed by atoms with E-state index >= 15 is 0 Å². The highest BCUT2D eigenvalue weighted by molar-refractivity contribution is 7.89. The smallest absolute Gasteiger partial charge is 0.212 e. The molecule has 0 saturated heterocycles. The largest absolute Gasteiger partial charge is 0.385 e. The molecule has 0 fully saturated rings. The Morgan fingerprint density at radius 1 is 1.31 bits per heavy atom. The SMILES string of the molecule is COCCCS(=O)(=O)NC(CCCl)COC. The fourth-order valence-electron chi connectivity index (χ4n) is 1.22. The third-order valence-corrected chi connectivity index (χ3v) is 3.67. The summed E-state index contributed by atoms with van der Waals surface area (Å²) in [6.07, 6.45) is 1.03. The Balaban J connectivity index is 4.08. The quantitative estimate of drug-likeness (QED) is 0.467. The molecule has 7 heteroatoms. The van der Waals surface area contributed by atoms with Crippen molar-refractivity contribution in [3.8, 4) is 0 Å². The normalized spacial score (nSPS) is 13.9. The van der Waals surface area contributed by atoms with Gasteiger partial charge in [0.05, 0.1) is 12.4 Å². The van der Waals surface area contributed by atoms with Gasteiger partial charge < -0.3 is 9.47 Å². The standard InChI is InChI=1S/C9H20ClNO4S/c1-14-6-3-7-16(12,13)11-9(4-5-10)8-15-2/h9,11H,3-8H2,1-2H3. The fraction of sp³-hybridized carbons (Fsp3) is 1.00. The molecule has 98 valence electrons. The van der Waals surface area contributed by atoms with Gasteiger partial charge in [0.25, 0.3) is 0 Å². The van der Waals surface area contributed by atoms with Crippen molar-refractivity contribution in [3.05, 3.63) is 0 Å². The van der Waals surface area contributed by atoms with Gasteiger partial charge in [-0.05, 0) is 12.8 Å². The van der Waals surface area contributed by atoms with E-state index in [0.29, 0.717) is 31.9 Å². The Bertz CT molecular complexity index is 252. The van der Waals surface area contributed by atoms with Gasteiger partial charge in [-0.3, -0.25) is 0 Å². The molecule has 0 aliphatic heterocycles. The minimum atomic E-state index is -3.27. The first-order valence-electron chi connectivity index (χ1n) is 5.09. The third kappa shape index (κ3) is 8.29. The molecular weight excluding hydrogens is 254 g/mol. The zero-order chi connectivity index (χ0) is 12.4.